The lowest BCUT2D eigenvalue weighted by molar-refractivity contribution is -0.137. The van der Waals surface area contributed by atoms with Gasteiger partial charge in [0.2, 0.25) is 0 Å². The third-order valence-corrected chi connectivity index (χ3v) is 3.80. The SMILES string of the molecule is O=C(O)CCOc1ccc(C(=O)C2(O)CCCCC2)cc1. The Morgan fingerprint density at radius 1 is 1.10 bits per heavy atom. The number of hydrogen-bond donors (Lipinski definition) is 2. The van der Waals surface area contributed by atoms with Gasteiger partial charge in [-0.2, -0.15) is 0 Å². The van der Waals surface area contributed by atoms with Gasteiger partial charge in [-0.05, 0) is 37.1 Å². The molecule has 0 aromatic heterocycles. The van der Waals surface area contributed by atoms with Gasteiger partial charge in [-0.15, -0.1) is 0 Å². The molecule has 0 unspecified atom stereocenters. The first-order chi connectivity index (χ1) is 10.0. The van der Waals surface area contributed by atoms with E-state index in [1.165, 1.54) is 0 Å². The molecule has 1 aromatic rings. The Morgan fingerprint density at radius 3 is 2.29 bits per heavy atom. The van der Waals surface area contributed by atoms with Crippen molar-refractivity contribution in [3.63, 3.8) is 0 Å². The first-order valence-corrected chi connectivity index (χ1v) is 7.23. The fourth-order valence-electron chi connectivity index (χ4n) is 2.59. The van der Waals surface area contributed by atoms with Crippen LogP contribution in [-0.2, 0) is 4.79 Å². The number of carbonyl (C=O) groups is 2. The molecule has 0 heterocycles. The molecule has 0 atom stereocenters. The Bertz CT molecular complexity index is 500. The minimum absolute atomic E-state index is 0.0690. The number of benzene rings is 1. The molecular weight excluding hydrogens is 272 g/mol. The molecule has 114 valence electrons. The number of carboxylic acids is 1. The Labute approximate surface area is 123 Å². The highest BCUT2D eigenvalue weighted by molar-refractivity contribution is 6.02. The van der Waals surface area contributed by atoms with Gasteiger partial charge in [-0.3, -0.25) is 9.59 Å². The van der Waals surface area contributed by atoms with Gasteiger partial charge in [-0.25, -0.2) is 0 Å². The van der Waals surface area contributed by atoms with Gasteiger partial charge in [-0.1, -0.05) is 19.3 Å². The monoisotopic (exact) mass is 292 g/mol. The maximum Gasteiger partial charge on any atom is 0.306 e. The van der Waals surface area contributed by atoms with E-state index in [0.29, 0.717) is 24.2 Å². The number of aliphatic carboxylic acids is 1. The maximum absolute atomic E-state index is 12.4. The highest BCUT2D eigenvalue weighted by atomic mass is 16.5. The molecule has 0 aliphatic heterocycles. The predicted octanol–water partition coefficient (Wildman–Crippen LogP) is 2.42. The quantitative estimate of drug-likeness (QED) is 0.787. The number of carboxylic acid groups (broad SMARTS) is 1. The number of carbonyl (C=O) groups excluding carboxylic acids is 1. The summed E-state index contributed by atoms with van der Waals surface area (Å²) in [5.41, 5.74) is -0.769. The van der Waals surface area contributed by atoms with Gasteiger partial charge < -0.3 is 14.9 Å². The Balaban J connectivity index is 1.97. The van der Waals surface area contributed by atoms with Crippen LogP contribution in [0.25, 0.3) is 0 Å². The van der Waals surface area contributed by atoms with Crippen molar-refractivity contribution >= 4 is 11.8 Å². The smallest absolute Gasteiger partial charge is 0.306 e. The van der Waals surface area contributed by atoms with Crippen molar-refractivity contribution in [2.45, 2.75) is 44.1 Å². The average Bonchev–Trinajstić information content (AvgIpc) is 2.48. The first kappa shape index (κ1) is 15.5. The van der Waals surface area contributed by atoms with Crippen LogP contribution in [0.2, 0.25) is 0 Å². The second-order valence-electron chi connectivity index (χ2n) is 5.44. The zero-order valence-electron chi connectivity index (χ0n) is 11.9. The molecule has 0 saturated heterocycles. The third-order valence-electron chi connectivity index (χ3n) is 3.80. The molecule has 2 N–H and O–H groups in total. The first-order valence-electron chi connectivity index (χ1n) is 7.23. The molecule has 0 radical (unpaired) electrons. The highest BCUT2D eigenvalue weighted by Gasteiger charge is 2.37. The lowest BCUT2D eigenvalue weighted by atomic mass is 9.79. The van der Waals surface area contributed by atoms with Crippen molar-refractivity contribution < 1.29 is 24.5 Å². The summed E-state index contributed by atoms with van der Waals surface area (Å²) in [6.45, 7) is 0.0898. The number of ether oxygens (including phenoxy) is 1. The van der Waals surface area contributed by atoms with E-state index in [4.69, 9.17) is 9.84 Å². The van der Waals surface area contributed by atoms with E-state index in [9.17, 15) is 14.7 Å². The molecule has 1 aliphatic rings. The summed E-state index contributed by atoms with van der Waals surface area (Å²) in [6.07, 6.45) is 3.77. The summed E-state index contributed by atoms with van der Waals surface area (Å²) < 4.78 is 5.27. The highest BCUT2D eigenvalue weighted by Crippen LogP contribution is 2.31. The van der Waals surface area contributed by atoms with Crippen LogP contribution in [0.3, 0.4) is 0 Å². The zero-order valence-corrected chi connectivity index (χ0v) is 11.9. The van der Waals surface area contributed by atoms with Gasteiger partial charge in [0.15, 0.2) is 5.78 Å². The molecule has 1 aromatic carbocycles. The fourth-order valence-corrected chi connectivity index (χ4v) is 2.59. The molecule has 5 nitrogen and oxygen atoms in total. The molecule has 21 heavy (non-hydrogen) atoms. The number of hydrogen-bond acceptors (Lipinski definition) is 4. The Kier molecular flexibility index (Phi) is 4.96. The van der Waals surface area contributed by atoms with Crippen LogP contribution in [0.5, 0.6) is 5.75 Å². The van der Waals surface area contributed by atoms with Crippen molar-refractivity contribution in [2.24, 2.45) is 0 Å². The molecule has 1 aliphatic carbocycles. The zero-order chi connectivity index (χ0) is 15.3. The van der Waals surface area contributed by atoms with Gasteiger partial charge in [0.05, 0.1) is 13.0 Å². The van der Waals surface area contributed by atoms with Crippen LogP contribution < -0.4 is 4.74 Å². The Hall–Kier alpha value is -1.88. The summed E-state index contributed by atoms with van der Waals surface area (Å²) in [4.78, 5) is 22.8. The summed E-state index contributed by atoms with van der Waals surface area (Å²) in [5.74, 6) is -0.635. The molecule has 1 fully saturated rings. The lowest BCUT2D eigenvalue weighted by Gasteiger charge is -2.30. The van der Waals surface area contributed by atoms with Gasteiger partial charge in [0.1, 0.15) is 11.4 Å². The Morgan fingerprint density at radius 2 is 1.71 bits per heavy atom. The molecule has 2 rings (SSSR count). The van der Waals surface area contributed by atoms with E-state index in [1.807, 2.05) is 0 Å². The number of aliphatic hydroxyl groups is 1. The summed E-state index contributed by atoms with van der Waals surface area (Å²) in [6, 6.07) is 6.48. The maximum atomic E-state index is 12.4. The van der Waals surface area contributed by atoms with E-state index in [2.05, 4.69) is 0 Å². The van der Waals surface area contributed by atoms with Crippen molar-refractivity contribution in [3.05, 3.63) is 29.8 Å². The van der Waals surface area contributed by atoms with Gasteiger partial charge in [0.25, 0.3) is 0 Å². The van der Waals surface area contributed by atoms with Crippen LogP contribution in [0.1, 0.15) is 48.9 Å². The third kappa shape index (κ3) is 4.04. The average molecular weight is 292 g/mol. The molecular formula is C16H20O5. The van der Waals surface area contributed by atoms with E-state index < -0.39 is 11.6 Å². The fraction of sp³-hybridized carbons (Fsp3) is 0.500. The van der Waals surface area contributed by atoms with E-state index in [-0.39, 0.29) is 18.8 Å². The topological polar surface area (TPSA) is 83.8 Å². The van der Waals surface area contributed by atoms with E-state index >= 15 is 0 Å². The van der Waals surface area contributed by atoms with Crippen molar-refractivity contribution in [2.75, 3.05) is 6.61 Å². The number of ketones is 1. The molecule has 0 amide bonds. The number of Topliss-reactive ketones (excluding diaryl/α,β-unsaturated/α-hetero) is 1. The summed E-state index contributed by atoms with van der Waals surface area (Å²) >= 11 is 0. The standard InChI is InChI=1S/C16H20O5/c17-14(18)8-11-21-13-6-4-12(5-7-13)15(19)16(20)9-2-1-3-10-16/h4-7,20H,1-3,8-11H2,(H,17,18). The lowest BCUT2D eigenvalue weighted by Crippen LogP contribution is -2.40. The summed E-state index contributed by atoms with van der Waals surface area (Å²) in [5, 5.41) is 18.9. The normalized spacial score (nSPS) is 17.2. The largest absolute Gasteiger partial charge is 0.493 e. The molecule has 5 heteroatoms. The van der Waals surface area contributed by atoms with Crippen LogP contribution in [0.15, 0.2) is 24.3 Å². The van der Waals surface area contributed by atoms with Crippen LogP contribution in [0.4, 0.5) is 0 Å². The van der Waals surface area contributed by atoms with Crippen LogP contribution in [-0.4, -0.2) is 34.2 Å². The molecule has 0 spiro atoms. The van der Waals surface area contributed by atoms with Crippen molar-refractivity contribution in [1.29, 1.82) is 0 Å². The number of rotatable bonds is 6. The minimum Gasteiger partial charge on any atom is -0.493 e. The van der Waals surface area contributed by atoms with Crippen molar-refractivity contribution in [1.82, 2.24) is 0 Å². The van der Waals surface area contributed by atoms with E-state index in [0.717, 1.165) is 19.3 Å². The molecule has 0 bridgehead atoms. The van der Waals surface area contributed by atoms with Crippen LogP contribution >= 0.6 is 0 Å². The second kappa shape index (κ2) is 6.72. The van der Waals surface area contributed by atoms with Crippen LogP contribution in [0, 0.1) is 0 Å². The minimum atomic E-state index is -1.23. The van der Waals surface area contributed by atoms with Gasteiger partial charge in [0, 0.05) is 5.56 Å². The van der Waals surface area contributed by atoms with E-state index in [1.54, 1.807) is 24.3 Å². The molecule has 1 saturated carbocycles. The summed E-state index contributed by atoms with van der Waals surface area (Å²) in [7, 11) is 0. The van der Waals surface area contributed by atoms with Crippen molar-refractivity contribution in [3.8, 4) is 5.75 Å². The predicted molar refractivity (Wildman–Crippen MR) is 76.6 cm³/mol. The second-order valence-corrected chi connectivity index (χ2v) is 5.44. The van der Waals surface area contributed by atoms with Gasteiger partial charge >= 0.3 is 5.97 Å².